The van der Waals surface area contributed by atoms with Crippen molar-refractivity contribution in [1.82, 2.24) is 5.32 Å². The van der Waals surface area contributed by atoms with Crippen molar-refractivity contribution in [3.63, 3.8) is 0 Å². The van der Waals surface area contributed by atoms with E-state index in [0.717, 1.165) is 0 Å². The molecule has 0 aliphatic carbocycles. The van der Waals surface area contributed by atoms with Gasteiger partial charge in [-0.15, -0.1) is 0 Å². The van der Waals surface area contributed by atoms with E-state index < -0.39 is 29.1 Å². The molecule has 0 radical (unpaired) electrons. The Labute approximate surface area is 187 Å². The Morgan fingerprint density at radius 1 is 1.29 bits per heavy atom. The summed E-state index contributed by atoms with van der Waals surface area (Å²) in [6.45, 7) is 1.66. The number of rotatable bonds is 6. The number of ether oxygens (including phenoxy) is 1. The van der Waals surface area contributed by atoms with Gasteiger partial charge in [-0.05, 0) is 35.9 Å². The predicted octanol–water partition coefficient (Wildman–Crippen LogP) is 3.17. The second kappa shape index (κ2) is 8.46. The SMILES string of the molecule is CC1C=C(C(N)=O)NC1(Cc1ccc(Cl)c(Oc2cc(Cl)cc(C#N)c2)c1F)C(N)=O. The quantitative estimate of drug-likeness (QED) is 0.606. The van der Waals surface area contributed by atoms with E-state index in [1.54, 1.807) is 6.92 Å². The van der Waals surface area contributed by atoms with E-state index >= 15 is 4.39 Å². The summed E-state index contributed by atoms with van der Waals surface area (Å²) >= 11 is 12.1. The fourth-order valence-electron chi connectivity index (χ4n) is 3.42. The number of halogens is 3. The van der Waals surface area contributed by atoms with Gasteiger partial charge in [-0.2, -0.15) is 5.26 Å². The molecule has 0 saturated heterocycles. The Balaban J connectivity index is 1.99. The summed E-state index contributed by atoms with van der Waals surface area (Å²) in [4.78, 5) is 23.9. The smallest absolute Gasteiger partial charge is 0.264 e. The number of hydrogen-bond donors (Lipinski definition) is 3. The Bertz CT molecular complexity index is 1160. The van der Waals surface area contributed by atoms with Gasteiger partial charge in [-0.1, -0.05) is 36.2 Å². The molecule has 10 heteroatoms. The highest BCUT2D eigenvalue weighted by atomic mass is 35.5. The summed E-state index contributed by atoms with van der Waals surface area (Å²) < 4.78 is 21.0. The maximum Gasteiger partial charge on any atom is 0.264 e. The minimum Gasteiger partial charge on any atom is -0.453 e. The highest BCUT2D eigenvalue weighted by molar-refractivity contribution is 6.32. The van der Waals surface area contributed by atoms with Gasteiger partial charge >= 0.3 is 0 Å². The van der Waals surface area contributed by atoms with Crippen molar-refractivity contribution in [2.45, 2.75) is 18.9 Å². The molecule has 1 aliphatic rings. The Morgan fingerprint density at radius 3 is 2.58 bits per heavy atom. The molecule has 5 N–H and O–H groups in total. The van der Waals surface area contributed by atoms with Crippen molar-refractivity contribution in [2.75, 3.05) is 0 Å². The van der Waals surface area contributed by atoms with Crippen LogP contribution in [0.2, 0.25) is 10.0 Å². The molecule has 2 unspecified atom stereocenters. The van der Waals surface area contributed by atoms with Gasteiger partial charge in [0.1, 0.15) is 11.3 Å². The summed E-state index contributed by atoms with van der Waals surface area (Å²) in [5.41, 5.74) is 9.76. The molecule has 2 aromatic rings. The highest BCUT2D eigenvalue weighted by Crippen LogP contribution is 2.38. The molecule has 0 spiro atoms. The van der Waals surface area contributed by atoms with E-state index in [1.165, 1.54) is 36.4 Å². The minimum atomic E-state index is -1.47. The Morgan fingerprint density at radius 2 is 2.00 bits per heavy atom. The van der Waals surface area contributed by atoms with E-state index in [1.807, 2.05) is 6.07 Å². The zero-order valence-electron chi connectivity index (χ0n) is 16.2. The van der Waals surface area contributed by atoms with Crippen LogP contribution in [0.5, 0.6) is 11.5 Å². The van der Waals surface area contributed by atoms with Gasteiger partial charge in [0.05, 0.1) is 22.4 Å². The number of carbonyl (C=O) groups excluding carboxylic acids is 2. The van der Waals surface area contributed by atoms with Crippen LogP contribution in [0.1, 0.15) is 18.1 Å². The third kappa shape index (κ3) is 4.29. The third-order valence-corrected chi connectivity index (χ3v) is 5.59. The first-order chi connectivity index (χ1) is 14.6. The molecule has 0 fully saturated rings. The van der Waals surface area contributed by atoms with Gasteiger partial charge in [-0.3, -0.25) is 9.59 Å². The van der Waals surface area contributed by atoms with Crippen molar-refractivity contribution in [2.24, 2.45) is 17.4 Å². The summed E-state index contributed by atoms with van der Waals surface area (Å²) in [5.74, 6) is -3.11. The van der Waals surface area contributed by atoms with Crippen LogP contribution in [0.3, 0.4) is 0 Å². The van der Waals surface area contributed by atoms with E-state index in [-0.39, 0.29) is 44.8 Å². The van der Waals surface area contributed by atoms with Crippen LogP contribution in [-0.2, 0) is 16.0 Å². The van der Waals surface area contributed by atoms with Gasteiger partial charge in [0.2, 0.25) is 5.91 Å². The maximum atomic E-state index is 15.4. The predicted molar refractivity (Wildman–Crippen MR) is 113 cm³/mol. The Kier molecular flexibility index (Phi) is 6.11. The molecule has 160 valence electrons. The Hall–Kier alpha value is -3.28. The number of nitrogens with one attached hydrogen (secondary N) is 1. The molecule has 2 amide bonds. The second-order valence-electron chi connectivity index (χ2n) is 7.11. The fraction of sp³-hybridized carbons (Fsp3) is 0.190. The molecule has 0 bridgehead atoms. The number of nitriles is 1. The number of nitrogens with zero attached hydrogens (tertiary/aromatic N) is 1. The largest absolute Gasteiger partial charge is 0.453 e. The van der Waals surface area contributed by atoms with Gasteiger partial charge in [0.25, 0.3) is 5.91 Å². The van der Waals surface area contributed by atoms with E-state index in [0.29, 0.717) is 0 Å². The molecule has 7 nitrogen and oxygen atoms in total. The maximum absolute atomic E-state index is 15.4. The van der Waals surface area contributed by atoms with Gasteiger partial charge in [0.15, 0.2) is 11.6 Å². The highest BCUT2D eigenvalue weighted by Gasteiger charge is 2.47. The second-order valence-corrected chi connectivity index (χ2v) is 7.95. The van der Waals surface area contributed by atoms with E-state index in [4.69, 9.17) is 44.7 Å². The van der Waals surface area contributed by atoms with Crippen LogP contribution < -0.4 is 21.5 Å². The van der Waals surface area contributed by atoms with Crippen molar-refractivity contribution < 1.29 is 18.7 Å². The fourth-order valence-corrected chi connectivity index (χ4v) is 3.83. The lowest BCUT2D eigenvalue weighted by Gasteiger charge is -2.32. The molecule has 1 heterocycles. The molecule has 31 heavy (non-hydrogen) atoms. The number of benzene rings is 2. The van der Waals surface area contributed by atoms with Gasteiger partial charge in [0, 0.05) is 17.4 Å². The van der Waals surface area contributed by atoms with E-state index in [2.05, 4.69) is 5.32 Å². The number of hydrogen-bond acceptors (Lipinski definition) is 5. The van der Waals surface area contributed by atoms with Crippen LogP contribution in [0.4, 0.5) is 4.39 Å². The number of amides is 2. The zero-order chi connectivity index (χ0) is 22.9. The molecule has 1 aliphatic heterocycles. The molecule has 2 aromatic carbocycles. The lowest BCUT2D eigenvalue weighted by atomic mass is 9.81. The monoisotopic (exact) mass is 462 g/mol. The van der Waals surface area contributed by atoms with Crippen molar-refractivity contribution in [1.29, 1.82) is 5.26 Å². The summed E-state index contributed by atoms with van der Waals surface area (Å²) in [6.07, 6.45) is 1.28. The molecule has 3 rings (SSSR count). The molecule has 0 aromatic heterocycles. The summed E-state index contributed by atoms with van der Waals surface area (Å²) in [5, 5.41) is 12.0. The first-order valence-electron chi connectivity index (χ1n) is 9.02. The molecule has 0 saturated carbocycles. The number of carbonyl (C=O) groups is 2. The average molecular weight is 463 g/mol. The first-order valence-corrected chi connectivity index (χ1v) is 9.78. The van der Waals surface area contributed by atoms with Gasteiger partial charge < -0.3 is 21.5 Å². The first kappa shape index (κ1) is 22.4. The lowest BCUT2D eigenvalue weighted by molar-refractivity contribution is -0.125. The van der Waals surface area contributed by atoms with Crippen LogP contribution in [0.15, 0.2) is 42.1 Å². The normalized spacial score (nSPS) is 19.8. The van der Waals surface area contributed by atoms with Gasteiger partial charge in [-0.25, -0.2) is 4.39 Å². The molecule has 2 atom stereocenters. The van der Waals surface area contributed by atoms with Crippen LogP contribution in [-0.4, -0.2) is 17.4 Å². The average Bonchev–Trinajstić information content (AvgIpc) is 3.05. The molecular weight excluding hydrogens is 446 g/mol. The topological polar surface area (TPSA) is 131 Å². The minimum absolute atomic E-state index is 0.0279. The van der Waals surface area contributed by atoms with Crippen molar-refractivity contribution in [3.8, 4) is 17.6 Å². The van der Waals surface area contributed by atoms with E-state index in [9.17, 15) is 9.59 Å². The lowest BCUT2D eigenvalue weighted by Crippen LogP contribution is -2.58. The van der Waals surface area contributed by atoms with Crippen LogP contribution in [0, 0.1) is 23.1 Å². The molecular formula is C21H17Cl2FN4O3. The van der Waals surface area contributed by atoms with Crippen LogP contribution >= 0.6 is 23.2 Å². The van der Waals surface area contributed by atoms with Crippen molar-refractivity contribution >= 4 is 35.0 Å². The summed E-state index contributed by atoms with van der Waals surface area (Å²) in [7, 11) is 0. The van der Waals surface area contributed by atoms with Crippen molar-refractivity contribution in [3.05, 3.63) is 69.1 Å². The standard InChI is InChI=1S/C21H17Cl2FN4O3/c1-10-4-16(19(26)29)28-21(10,20(27)30)8-12-2-3-15(23)18(17(12)24)31-14-6-11(9-25)5-13(22)7-14/h2-7,10,28H,8H2,1H3,(H2,26,29)(H2,27,30). The summed E-state index contributed by atoms with van der Waals surface area (Å²) in [6, 6.07) is 8.93. The van der Waals surface area contributed by atoms with Crippen LogP contribution in [0.25, 0.3) is 0 Å². The number of primary amides is 2. The zero-order valence-corrected chi connectivity index (χ0v) is 17.7. The number of nitrogens with two attached hydrogens (primary N) is 2. The third-order valence-electron chi connectivity index (χ3n) is 5.08.